The molecular formula is C23H26N2O4. The summed E-state index contributed by atoms with van der Waals surface area (Å²) in [6, 6.07) is 12.5. The van der Waals surface area contributed by atoms with Gasteiger partial charge in [-0.1, -0.05) is 25.8 Å². The van der Waals surface area contributed by atoms with Crippen LogP contribution in [-0.4, -0.2) is 35.2 Å². The fourth-order valence-electron chi connectivity index (χ4n) is 3.35. The lowest BCUT2D eigenvalue weighted by Gasteiger charge is -2.12. The number of carboxylic acid groups (broad SMARTS) is 1. The van der Waals surface area contributed by atoms with E-state index in [4.69, 9.17) is 9.84 Å². The average Bonchev–Trinajstić information content (AvgIpc) is 3.13. The summed E-state index contributed by atoms with van der Waals surface area (Å²) >= 11 is 0. The Kier molecular flexibility index (Phi) is 6.54. The van der Waals surface area contributed by atoms with E-state index in [2.05, 4.69) is 16.8 Å². The maximum Gasteiger partial charge on any atom is 0.335 e. The molecule has 0 saturated heterocycles. The Hall–Kier alpha value is -3.28. The molecule has 6 heteroatoms. The molecule has 0 radical (unpaired) electrons. The normalized spacial score (nSPS) is 10.8. The van der Waals surface area contributed by atoms with Gasteiger partial charge in [0, 0.05) is 34.8 Å². The van der Waals surface area contributed by atoms with Crippen LogP contribution in [0.5, 0.6) is 5.75 Å². The number of aromatic carboxylic acids is 1. The van der Waals surface area contributed by atoms with Gasteiger partial charge in [-0.25, -0.2) is 4.79 Å². The van der Waals surface area contributed by atoms with Crippen molar-refractivity contribution < 1.29 is 19.4 Å². The Morgan fingerprint density at radius 1 is 1.07 bits per heavy atom. The summed E-state index contributed by atoms with van der Waals surface area (Å²) in [5.74, 6) is -0.502. The molecule has 29 heavy (non-hydrogen) atoms. The second kappa shape index (κ2) is 9.28. The van der Waals surface area contributed by atoms with Crippen LogP contribution in [0, 0.1) is 0 Å². The van der Waals surface area contributed by atoms with E-state index in [1.807, 2.05) is 30.5 Å². The fraction of sp³-hybridized carbons (Fsp3) is 0.304. The molecular weight excluding hydrogens is 368 g/mol. The lowest BCUT2D eigenvalue weighted by molar-refractivity contribution is 0.0696. The molecule has 0 fully saturated rings. The van der Waals surface area contributed by atoms with Gasteiger partial charge in [0.25, 0.3) is 5.91 Å². The number of nitrogens with zero attached hydrogens (tertiary/aromatic N) is 1. The number of amides is 1. The minimum Gasteiger partial charge on any atom is -0.496 e. The number of carbonyl (C=O) groups excluding carboxylic acids is 1. The van der Waals surface area contributed by atoms with E-state index >= 15 is 0 Å². The van der Waals surface area contributed by atoms with E-state index in [0.717, 1.165) is 35.7 Å². The van der Waals surface area contributed by atoms with Crippen LogP contribution in [0.4, 0.5) is 0 Å². The number of fused-ring (bicyclic) bond motifs is 1. The SMILES string of the molecule is CCCCCNC(=O)c1ccc2c(ccn2Cc2ccc(C(=O)O)cc2OC)c1. The molecule has 0 spiro atoms. The smallest absolute Gasteiger partial charge is 0.335 e. The Morgan fingerprint density at radius 3 is 2.59 bits per heavy atom. The Bertz CT molecular complexity index is 1020. The van der Waals surface area contributed by atoms with Gasteiger partial charge < -0.3 is 19.7 Å². The Morgan fingerprint density at radius 2 is 1.86 bits per heavy atom. The highest BCUT2D eigenvalue weighted by Gasteiger charge is 2.12. The maximum absolute atomic E-state index is 12.3. The highest BCUT2D eigenvalue weighted by atomic mass is 16.5. The lowest BCUT2D eigenvalue weighted by atomic mass is 10.1. The monoisotopic (exact) mass is 394 g/mol. The zero-order valence-corrected chi connectivity index (χ0v) is 16.8. The number of nitrogens with one attached hydrogen (secondary N) is 1. The first kappa shape index (κ1) is 20.5. The molecule has 2 aromatic carbocycles. The van der Waals surface area contributed by atoms with E-state index in [1.165, 1.54) is 13.2 Å². The number of carboxylic acids is 1. The summed E-state index contributed by atoms with van der Waals surface area (Å²) in [4.78, 5) is 23.5. The number of rotatable bonds is 9. The number of hydrogen-bond acceptors (Lipinski definition) is 3. The Balaban J connectivity index is 1.78. The van der Waals surface area contributed by atoms with Crippen LogP contribution in [-0.2, 0) is 6.54 Å². The first-order valence-electron chi connectivity index (χ1n) is 9.80. The molecule has 0 aliphatic heterocycles. The average molecular weight is 394 g/mol. The zero-order chi connectivity index (χ0) is 20.8. The van der Waals surface area contributed by atoms with E-state index in [1.54, 1.807) is 12.1 Å². The molecule has 152 valence electrons. The molecule has 3 rings (SSSR count). The minimum absolute atomic E-state index is 0.0540. The van der Waals surface area contributed by atoms with Crippen molar-refractivity contribution in [3.63, 3.8) is 0 Å². The van der Waals surface area contributed by atoms with Crippen molar-refractivity contribution >= 4 is 22.8 Å². The van der Waals surface area contributed by atoms with Gasteiger partial charge in [0.15, 0.2) is 0 Å². The highest BCUT2D eigenvalue weighted by molar-refractivity contribution is 5.98. The van der Waals surface area contributed by atoms with Gasteiger partial charge in [-0.05, 0) is 42.8 Å². The van der Waals surface area contributed by atoms with Crippen LogP contribution in [0.2, 0.25) is 0 Å². The summed E-state index contributed by atoms with van der Waals surface area (Å²) in [5.41, 5.74) is 2.72. The molecule has 1 amide bonds. The standard InChI is InChI=1S/C23H26N2O4/c1-3-4-5-11-24-22(26)17-8-9-20-16(13-17)10-12-25(20)15-19-7-6-18(23(27)28)14-21(19)29-2/h6-10,12-14H,3-5,11,15H2,1-2H3,(H,24,26)(H,27,28). The molecule has 0 aliphatic carbocycles. The third-order valence-corrected chi connectivity index (χ3v) is 4.97. The molecule has 3 aromatic rings. The topological polar surface area (TPSA) is 80.6 Å². The van der Waals surface area contributed by atoms with Crippen LogP contribution in [0.25, 0.3) is 10.9 Å². The minimum atomic E-state index is -0.984. The number of carbonyl (C=O) groups is 2. The van der Waals surface area contributed by atoms with Crippen LogP contribution in [0.15, 0.2) is 48.7 Å². The quantitative estimate of drug-likeness (QED) is 0.530. The van der Waals surface area contributed by atoms with Gasteiger partial charge in [-0.3, -0.25) is 4.79 Å². The van der Waals surface area contributed by atoms with E-state index in [0.29, 0.717) is 24.4 Å². The maximum atomic E-state index is 12.3. The second-order valence-electron chi connectivity index (χ2n) is 7.01. The summed E-state index contributed by atoms with van der Waals surface area (Å²) in [6.07, 6.45) is 5.18. The van der Waals surface area contributed by atoms with Crippen LogP contribution in [0.3, 0.4) is 0 Å². The lowest BCUT2D eigenvalue weighted by Crippen LogP contribution is -2.24. The third kappa shape index (κ3) is 4.77. The molecule has 6 nitrogen and oxygen atoms in total. The second-order valence-corrected chi connectivity index (χ2v) is 7.01. The van der Waals surface area contributed by atoms with Crippen molar-refractivity contribution in [3.8, 4) is 5.75 Å². The summed E-state index contributed by atoms with van der Waals surface area (Å²) in [6.45, 7) is 3.36. The molecule has 0 aliphatic rings. The van der Waals surface area contributed by atoms with Crippen molar-refractivity contribution in [2.24, 2.45) is 0 Å². The fourth-order valence-corrected chi connectivity index (χ4v) is 3.35. The summed E-state index contributed by atoms with van der Waals surface area (Å²) < 4.78 is 7.42. The van der Waals surface area contributed by atoms with E-state index in [-0.39, 0.29) is 11.5 Å². The van der Waals surface area contributed by atoms with Gasteiger partial charge >= 0.3 is 5.97 Å². The van der Waals surface area contributed by atoms with Crippen LogP contribution >= 0.6 is 0 Å². The van der Waals surface area contributed by atoms with Gasteiger partial charge in [0.05, 0.1) is 19.2 Å². The molecule has 1 heterocycles. The van der Waals surface area contributed by atoms with E-state index in [9.17, 15) is 9.59 Å². The molecule has 0 atom stereocenters. The zero-order valence-electron chi connectivity index (χ0n) is 16.8. The van der Waals surface area contributed by atoms with E-state index < -0.39 is 5.97 Å². The van der Waals surface area contributed by atoms with Crippen LogP contribution < -0.4 is 10.1 Å². The molecule has 0 unspecified atom stereocenters. The molecule has 0 bridgehead atoms. The highest BCUT2D eigenvalue weighted by Crippen LogP contribution is 2.24. The van der Waals surface area contributed by atoms with Crippen LogP contribution in [0.1, 0.15) is 52.5 Å². The number of unbranched alkanes of at least 4 members (excludes halogenated alkanes) is 2. The molecule has 0 saturated carbocycles. The van der Waals surface area contributed by atoms with Crippen molar-refractivity contribution in [2.45, 2.75) is 32.7 Å². The van der Waals surface area contributed by atoms with Gasteiger partial charge in [0.1, 0.15) is 5.75 Å². The van der Waals surface area contributed by atoms with Gasteiger partial charge in [0.2, 0.25) is 0 Å². The summed E-state index contributed by atoms with van der Waals surface area (Å²) in [5, 5.41) is 13.1. The van der Waals surface area contributed by atoms with Crippen molar-refractivity contribution in [1.29, 1.82) is 0 Å². The first-order chi connectivity index (χ1) is 14.0. The number of methoxy groups -OCH3 is 1. The number of hydrogen-bond donors (Lipinski definition) is 2. The largest absolute Gasteiger partial charge is 0.496 e. The van der Waals surface area contributed by atoms with Gasteiger partial charge in [-0.2, -0.15) is 0 Å². The Labute approximate surface area is 170 Å². The molecule has 2 N–H and O–H groups in total. The number of aromatic nitrogens is 1. The van der Waals surface area contributed by atoms with Crippen molar-refractivity contribution in [1.82, 2.24) is 9.88 Å². The van der Waals surface area contributed by atoms with Crippen molar-refractivity contribution in [2.75, 3.05) is 13.7 Å². The predicted octanol–water partition coefficient (Wildman–Crippen LogP) is 4.32. The van der Waals surface area contributed by atoms with Gasteiger partial charge in [-0.15, -0.1) is 0 Å². The predicted molar refractivity (Wildman–Crippen MR) is 113 cm³/mol. The summed E-state index contributed by atoms with van der Waals surface area (Å²) in [7, 11) is 1.53. The third-order valence-electron chi connectivity index (χ3n) is 4.97. The van der Waals surface area contributed by atoms with Crippen molar-refractivity contribution in [3.05, 3.63) is 65.4 Å². The first-order valence-corrected chi connectivity index (χ1v) is 9.80. The number of ether oxygens (including phenoxy) is 1. The molecule has 1 aromatic heterocycles. The number of benzene rings is 2.